The first kappa shape index (κ1) is 11.5. The van der Waals surface area contributed by atoms with Crippen molar-refractivity contribution in [3.63, 3.8) is 0 Å². The SMILES string of the molecule is O=C1CN(c2nc3c(C(=O)O)cccc3o2)CCN1. The number of amides is 1. The third-order valence-corrected chi connectivity index (χ3v) is 2.95. The van der Waals surface area contributed by atoms with Crippen LogP contribution in [0.25, 0.3) is 11.1 Å². The number of nitrogens with zero attached hydrogens (tertiary/aromatic N) is 2. The van der Waals surface area contributed by atoms with Gasteiger partial charge >= 0.3 is 5.97 Å². The standard InChI is InChI=1S/C12H11N3O4/c16-9-6-15(5-4-13-9)12-14-10-7(11(17)18)2-1-3-8(10)19-12/h1-3H,4-6H2,(H,13,16)(H,17,18). The Hall–Kier alpha value is -2.57. The van der Waals surface area contributed by atoms with E-state index in [9.17, 15) is 9.59 Å². The highest BCUT2D eigenvalue weighted by Gasteiger charge is 2.22. The molecule has 0 unspecified atom stereocenters. The molecule has 0 saturated carbocycles. The maximum absolute atomic E-state index is 11.3. The van der Waals surface area contributed by atoms with Crippen molar-refractivity contribution in [2.45, 2.75) is 0 Å². The van der Waals surface area contributed by atoms with E-state index < -0.39 is 5.97 Å². The van der Waals surface area contributed by atoms with Gasteiger partial charge in [0.05, 0.1) is 5.56 Å². The van der Waals surface area contributed by atoms with E-state index in [4.69, 9.17) is 9.52 Å². The summed E-state index contributed by atoms with van der Waals surface area (Å²) in [4.78, 5) is 28.3. The second-order valence-corrected chi connectivity index (χ2v) is 4.23. The van der Waals surface area contributed by atoms with Crippen molar-refractivity contribution in [1.29, 1.82) is 0 Å². The first-order valence-corrected chi connectivity index (χ1v) is 5.79. The highest BCUT2D eigenvalue weighted by molar-refractivity contribution is 6.00. The molecule has 0 atom stereocenters. The van der Waals surface area contributed by atoms with Crippen LogP contribution in [0, 0.1) is 0 Å². The fourth-order valence-corrected chi connectivity index (χ4v) is 2.05. The van der Waals surface area contributed by atoms with Crippen LogP contribution < -0.4 is 10.2 Å². The van der Waals surface area contributed by atoms with Crippen LogP contribution in [-0.2, 0) is 4.79 Å². The minimum atomic E-state index is -1.05. The predicted molar refractivity (Wildman–Crippen MR) is 66.2 cm³/mol. The maximum Gasteiger partial charge on any atom is 0.338 e. The Morgan fingerprint density at radius 2 is 2.32 bits per heavy atom. The molecule has 0 spiro atoms. The highest BCUT2D eigenvalue weighted by Crippen LogP contribution is 2.24. The van der Waals surface area contributed by atoms with Gasteiger partial charge in [0.15, 0.2) is 5.58 Å². The van der Waals surface area contributed by atoms with Crippen molar-refractivity contribution in [2.75, 3.05) is 24.5 Å². The van der Waals surface area contributed by atoms with E-state index in [0.717, 1.165) is 0 Å². The lowest BCUT2D eigenvalue weighted by Crippen LogP contribution is -2.47. The third-order valence-electron chi connectivity index (χ3n) is 2.95. The fourth-order valence-electron chi connectivity index (χ4n) is 2.05. The van der Waals surface area contributed by atoms with Crippen molar-refractivity contribution in [3.05, 3.63) is 23.8 Å². The molecule has 3 rings (SSSR count). The zero-order chi connectivity index (χ0) is 13.4. The van der Waals surface area contributed by atoms with Crippen molar-refractivity contribution in [3.8, 4) is 0 Å². The Morgan fingerprint density at radius 3 is 3.05 bits per heavy atom. The monoisotopic (exact) mass is 261 g/mol. The molecule has 7 heteroatoms. The van der Waals surface area contributed by atoms with E-state index in [1.54, 1.807) is 17.0 Å². The average Bonchev–Trinajstić information content (AvgIpc) is 2.82. The molecule has 0 radical (unpaired) electrons. The number of rotatable bonds is 2. The van der Waals surface area contributed by atoms with E-state index in [2.05, 4.69) is 10.3 Å². The zero-order valence-electron chi connectivity index (χ0n) is 9.92. The molecule has 1 aliphatic heterocycles. The number of anilines is 1. The normalized spacial score (nSPS) is 15.6. The van der Waals surface area contributed by atoms with Crippen LogP contribution in [0.15, 0.2) is 22.6 Å². The van der Waals surface area contributed by atoms with Gasteiger partial charge in [-0.05, 0) is 12.1 Å². The third kappa shape index (κ3) is 1.99. The number of piperazine rings is 1. The van der Waals surface area contributed by atoms with Gasteiger partial charge in [0.25, 0.3) is 6.01 Å². The number of aromatic nitrogens is 1. The van der Waals surface area contributed by atoms with Gasteiger partial charge in [-0.2, -0.15) is 4.98 Å². The molecule has 19 heavy (non-hydrogen) atoms. The van der Waals surface area contributed by atoms with Gasteiger partial charge in [0, 0.05) is 13.1 Å². The molecule has 1 aromatic carbocycles. The number of oxazole rings is 1. The summed E-state index contributed by atoms with van der Waals surface area (Å²) in [5.74, 6) is -1.16. The van der Waals surface area contributed by atoms with Gasteiger partial charge in [0.1, 0.15) is 12.1 Å². The first-order chi connectivity index (χ1) is 9.15. The van der Waals surface area contributed by atoms with Crippen LogP contribution in [-0.4, -0.2) is 41.6 Å². The van der Waals surface area contributed by atoms with Gasteiger partial charge < -0.3 is 19.7 Å². The summed E-state index contributed by atoms with van der Waals surface area (Å²) in [6, 6.07) is 5.00. The van der Waals surface area contributed by atoms with E-state index >= 15 is 0 Å². The summed E-state index contributed by atoms with van der Waals surface area (Å²) in [6.07, 6.45) is 0. The van der Waals surface area contributed by atoms with Crippen LogP contribution in [0.3, 0.4) is 0 Å². The molecule has 1 fully saturated rings. The topological polar surface area (TPSA) is 95.7 Å². The first-order valence-electron chi connectivity index (χ1n) is 5.79. The number of fused-ring (bicyclic) bond motifs is 1. The number of carbonyl (C=O) groups excluding carboxylic acids is 1. The Kier molecular flexibility index (Phi) is 2.59. The van der Waals surface area contributed by atoms with Crippen LogP contribution in [0.1, 0.15) is 10.4 Å². The Morgan fingerprint density at radius 1 is 1.47 bits per heavy atom. The number of carbonyl (C=O) groups is 2. The quantitative estimate of drug-likeness (QED) is 0.815. The molecule has 7 nitrogen and oxygen atoms in total. The number of para-hydroxylation sites is 1. The van der Waals surface area contributed by atoms with Gasteiger partial charge in [-0.25, -0.2) is 4.79 Å². The Balaban J connectivity index is 2.04. The summed E-state index contributed by atoms with van der Waals surface area (Å²) < 4.78 is 5.52. The molecule has 1 saturated heterocycles. The van der Waals surface area contributed by atoms with Crippen molar-refractivity contribution >= 4 is 29.0 Å². The maximum atomic E-state index is 11.3. The lowest BCUT2D eigenvalue weighted by atomic mass is 10.2. The van der Waals surface area contributed by atoms with Gasteiger partial charge in [-0.15, -0.1) is 0 Å². The van der Waals surface area contributed by atoms with E-state index in [1.807, 2.05) is 0 Å². The molecule has 1 amide bonds. The lowest BCUT2D eigenvalue weighted by molar-refractivity contribution is -0.120. The molecule has 98 valence electrons. The average molecular weight is 261 g/mol. The second-order valence-electron chi connectivity index (χ2n) is 4.23. The van der Waals surface area contributed by atoms with Crippen LogP contribution in [0.2, 0.25) is 0 Å². The summed E-state index contributed by atoms with van der Waals surface area (Å²) in [5.41, 5.74) is 0.797. The summed E-state index contributed by atoms with van der Waals surface area (Å²) in [7, 11) is 0. The second kappa shape index (κ2) is 4.27. The summed E-state index contributed by atoms with van der Waals surface area (Å²) in [5, 5.41) is 11.8. The predicted octanol–water partition coefficient (Wildman–Crippen LogP) is 0.462. The Bertz CT molecular complexity index is 664. The summed E-state index contributed by atoms with van der Waals surface area (Å²) in [6.45, 7) is 1.26. The van der Waals surface area contributed by atoms with Gasteiger partial charge in [-0.3, -0.25) is 4.79 Å². The minimum Gasteiger partial charge on any atom is -0.478 e. The molecule has 2 heterocycles. The lowest BCUT2D eigenvalue weighted by Gasteiger charge is -2.24. The van der Waals surface area contributed by atoms with Crippen molar-refractivity contribution in [2.24, 2.45) is 0 Å². The molecule has 1 aliphatic rings. The molecule has 2 aromatic rings. The molecule has 2 N–H and O–H groups in total. The van der Waals surface area contributed by atoms with Gasteiger partial charge in [-0.1, -0.05) is 6.07 Å². The largest absolute Gasteiger partial charge is 0.478 e. The van der Waals surface area contributed by atoms with Gasteiger partial charge in [0.2, 0.25) is 5.91 Å². The highest BCUT2D eigenvalue weighted by atomic mass is 16.4. The van der Waals surface area contributed by atoms with Crippen molar-refractivity contribution in [1.82, 2.24) is 10.3 Å². The van der Waals surface area contributed by atoms with Crippen LogP contribution >= 0.6 is 0 Å². The van der Waals surface area contributed by atoms with E-state index in [1.165, 1.54) is 6.07 Å². The van der Waals surface area contributed by atoms with Crippen LogP contribution in [0.4, 0.5) is 6.01 Å². The molecular weight excluding hydrogens is 250 g/mol. The minimum absolute atomic E-state index is 0.0916. The smallest absolute Gasteiger partial charge is 0.338 e. The fraction of sp³-hybridized carbons (Fsp3) is 0.250. The van der Waals surface area contributed by atoms with Crippen LogP contribution in [0.5, 0.6) is 0 Å². The van der Waals surface area contributed by atoms with E-state index in [-0.39, 0.29) is 24.0 Å². The number of aromatic carboxylic acids is 1. The molecular formula is C12H11N3O4. The number of carboxylic acids is 1. The molecule has 0 aliphatic carbocycles. The number of benzene rings is 1. The number of hydrogen-bond acceptors (Lipinski definition) is 5. The zero-order valence-corrected chi connectivity index (χ0v) is 9.92. The Labute approximate surface area is 107 Å². The summed E-state index contributed by atoms with van der Waals surface area (Å²) >= 11 is 0. The van der Waals surface area contributed by atoms with E-state index in [0.29, 0.717) is 24.2 Å². The number of hydrogen-bond donors (Lipinski definition) is 2. The molecule has 0 bridgehead atoms. The number of nitrogens with one attached hydrogen (secondary N) is 1. The number of carboxylic acid groups (broad SMARTS) is 1. The molecule has 1 aromatic heterocycles. The van der Waals surface area contributed by atoms with Crippen molar-refractivity contribution < 1.29 is 19.1 Å².